The SMILES string of the molecule is CC(C)(C)OC(=O)NCc1cccc(CNC(=O)c2ccc3c(c2)NC(CC(=O)O)C(=O)N(CCc2ccccc2)C3)c1. The summed E-state index contributed by atoms with van der Waals surface area (Å²) in [4.78, 5) is 51.6. The van der Waals surface area contributed by atoms with E-state index in [1.54, 1.807) is 43.9 Å². The number of ether oxygens (including phenoxy) is 1. The molecule has 1 unspecified atom stereocenters. The van der Waals surface area contributed by atoms with Crippen LogP contribution in [0, 0.1) is 0 Å². The second-order valence-electron chi connectivity index (χ2n) is 11.5. The minimum Gasteiger partial charge on any atom is -0.481 e. The highest BCUT2D eigenvalue weighted by Gasteiger charge is 2.31. The van der Waals surface area contributed by atoms with Gasteiger partial charge in [0.25, 0.3) is 5.91 Å². The fraction of sp³-hybridized carbons (Fsp3) is 0.333. The normalized spacial score (nSPS) is 14.6. The highest BCUT2D eigenvalue weighted by molar-refractivity contribution is 5.96. The van der Waals surface area contributed by atoms with E-state index in [9.17, 15) is 24.3 Å². The number of alkyl carbamates (subject to hydrolysis) is 1. The summed E-state index contributed by atoms with van der Waals surface area (Å²) in [6.45, 7) is 6.68. The van der Waals surface area contributed by atoms with Crippen LogP contribution in [0.25, 0.3) is 0 Å². The minimum atomic E-state index is -1.09. The molecule has 0 fully saturated rings. The third kappa shape index (κ3) is 9.32. The summed E-state index contributed by atoms with van der Waals surface area (Å²) in [7, 11) is 0. The van der Waals surface area contributed by atoms with Crippen molar-refractivity contribution in [2.75, 3.05) is 11.9 Å². The van der Waals surface area contributed by atoms with Crippen molar-refractivity contribution in [3.63, 3.8) is 0 Å². The summed E-state index contributed by atoms with van der Waals surface area (Å²) in [6.07, 6.45) is -0.245. The molecule has 1 aliphatic heterocycles. The Morgan fingerprint density at radius 2 is 1.60 bits per heavy atom. The number of nitrogens with zero attached hydrogens (tertiary/aromatic N) is 1. The number of carbonyl (C=O) groups is 4. The molecule has 0 spiro atoms. The van der Waals surface area contributed by atoms with E-state index in [2.05, 4.69) is 16.0 Å². The van der Waals surface area contributed by atoms with E-state index in [0.29, 0.717) is 30.8 Å². The minimum absolute atomic E-state index is 0.261. The number of hydrogen-bond acceptors (Lipinski definition) is 6. The maximum absolute atomic E-state index is 13.3. The maximum atomic E-state index is 13.3. The van der Waals surface area contributed by atoms with Gasteiger partial charge in [0.15, 0.2) is 0 Å². The van der Waals surface area contributed by atoms with Gasteiger partial charge in [-0.2, -0.15) is 0 Å². The van der Waals surface area contributed by atoms with Crippen LogP contribution in [-0.4, -0.2) is 52.1 Å². The van der Waals surface area contributed by atoms with Gasteiger partial charge in [0.05, 0.1) is 6.42 Å². The van der Waals surface area contributed by atoms with Crippen molar-refractivity contribution in [2.24, 2.45) is 0 Å². The summed E-state index contributed by atoms with van der Waals surface area (Å²) in [5.74, 6) is -1.69. The fourth-order valence-corrected chi connectivity index (χ4v) is 4.78. The lowest BCUT2D eigenvalue weighted by Gasteiger charge is -2.24. The molecule has 4 rings (SSSR count). The van der Waals surface area contributed by atoms with E-state index >= 15 is 0 Å². The van der Waals surface area contributed by atoms with E-state index < -0.39 is 23.7 Å². The van der Waals surface area contributed by atoms with Crippen LogP contribution in [0.2, 0.25) is 0 Å². The first kappa shape index (κ1) is 31.1. The molecule has 3 amide bonds. The quantitative estimate of drug-likeness (QED) is 0.275. The molecule has 0 bridgehead atoms. The van der Waals surface area contributed by atoms with Gasteiger partial charge in [-0.05, 0) is 61.6 Å². The summed E-state index contributed by atoms with van der Waals surface area (Å²) in [6, 6.07) is 21.5. The second-order valence-corrected chi connectivity index (χ2v) is 11.5. The first-order valence-corrected chi connectivity index (χ1v) is 14.2. The lowest BCUT2D eigenvalue weighted by Crippen LogP contribution is -2.42. The highest BCUT2D eigenvalue weighted by Crippen LogP contribution is 2.26. The van der Waals surface area contributed by atoms with E-state index in [4.69, 9.17) is 4.74 Å². The van der Waals surface area contributed by atoms with E-state index in [1.807, 2.05) is 54.6 Å². The van der Waals surface area contributed by atoms with Crippen molar-refractivity contribution >= 4 is 29.6 Å². The number of nitrogens with one attached hydrogen (secondary N) is 3. The van der Waals surface area contributed by atoms with Crippen molar-refractivity contribution < 1.29 is 29.0 Å². The van der Waals surface area contributed by atoms with Gasteiger partial charge in [0.1, 0.15) is 11.6 Å². The number of carboxylic acids is 1. The van der Waals surface area contributed by atoms with Crippen LogP contribution in [0.15, 0.2) is 72.8 Å². The maximum Gasteiger partial charge on any atom is 0.407 e. The number of aliphatic carboxylic acids is 1. The molecule has 0 saturated heterocycles. The molecule has 3 aromatic carbocycles. The molecular formula is C33H38N4O6. The van der Waals surface area contributed by atoms with Gasteiger partial charge in [-0.3, -0.25) is 14.4 Å². The topological polar surface area (TPSA) is 137 Å². The van der Waals surface area contributed by atoms with Crippen molar-refractivity contribution in [3.8, 4) is 0 Å². The number of anilines is 1. The average Bonchev–Trinajstić information content (AvgIpc) is 3.08. The average molecular weight is 587 g/mol. The first-order valence-electron chi connectivity index (χ1n) is 14.2. The van der Waals surface area contributed by atoms with Crippen molar-refractivity contribution in [3.05, 3.63) is 101 Å². The smallest absolute Gasteiger partial charge is 0.407 e. The van der Waals surface area contributed by atoms with E-state index in [1.165, 1.54) is 0 Å². The number of fused-ring (bicyclic) bond motifs is 1. The van der Waals surface area contributed by atoms with Crippen LogP contribution in [-0.2, 0) is 40.4 Å². The van der Waals surface area contributed by atoms with Crippen molar-refractivity contribution in [2.45, 2.75) is 64.9 Å². The Balaban J connectivity index is 1.41. The molecule has 0 aliphatic carbocycles. The number of rotatable bonds is 10. The zero-order chi connectivity index (χ0) is 31.0. The van der Waals surface area contributed by atoms with Gasteiger partial charge in [-0.15, -0.1) is 0 Å². The van der Waals surface area contributed by atoms with Crippen LogP contribution in [0.5, 0.6) is 0 Å². The Labute approximate surface area is 251 Å². The fourth-order valence-electron chi connectivity index (χ4n) is 4.78. The van der Waals surface area contributed by atoms with Crippen LogP contribution in [0.4, 0.5) is 10.5 Å². The van der Waals surface area contributed by atoms with Crippen molar-refractivity contribution in [1.82, 2.24) is 15.5 Å². The Morgan fingerprint density at radius 3 is 2.28 bits per heavy atom. The Hall–Kier alpha value is -4.86. The third-order valence-corrected chi connectivity index (χ3v) is 6.84. The number of benzene rings is 3. The molecule has 226 valence electrons. The Bertz CT molecular complexity index is 1470. The van der Waals surface area contributed by atoms with Gasteiger partial charge >= 0.3 is 12.1 Å². The molecule has 1 heterocycles. The van der Waals surface area contributed by atoms with Gasteiger partial charge in [0.2, 0.25) is 5.91 Å². The first-order chi connectivity index (χ1) is 20.5. The number of amides is 3. The molecule has 10 nitrogen and oxygen atoms in total. The van der Waals surface area contributed by atoms with Gasteiger partial charge in [-0.1, -0.05) is 60.7 Å². The van der Waals surface area contributed by atoms with Gasteiger partial charge in [-0.25, -0.2) is 4.79 Å². The predicted octanol–water partition coefficient (Wildman–Crippen LogP) is 4.48. The molecule has 10 heteroatoms. The molecule has 0 saturated carbocycles. The molecule has 3 aromatic rings. The molecule has 0 aromatic heterocycles. The summed E-state index contributed by atoms with van der Waals surface area (Å²) >= 11 is 0. The zero-order valence-corrected chi connectivity index (χ0v) is 24.7. The Kier molecular flexibility index (Phi) is 10.0. The standard InChI is InChI=1S/C33H38N4O6/c1-33(2,3)43-32(42)35-20-24-11-7-10-23(16-24)19-34-30(40)25-12-13-26-21-37(15-14-22-8-5-4-6-9-22)31(41)28(18-29(38)39)36-27(26)17-25/h4-13,16-17,28,36H,14-15,18-21H2,1-3H3,(H,34,40)(H,35,42)(H,38,39). The largest absolute Gasteiger partial charge is 0.481 e. The van der Waals surface area contributed by atoms with E-state index in [-0.39, 0.29) is 31.3 Å². The van der Waals surface area contributed by atoms with Gasteiger partial charge < -0.3 is 30.7 Å². The van der Waals surface area contributed by atoms with Gasteiger partial charge in [0, 0.05) is 37.4 Å². The van der Waals surface area contributed by atoms with Crippen LogP contribution in [0.3, 0.4) is 0 Å². The van der Waals surface area contributed by atoms with E-state index in [0.717, 1.165) is 22.3 Å². The molecular weight excluding hydrogens is 548 g/mol. The highest BCUT2D eigenvalue weighted by atomic mass is 16.6. The predicted molar refractivity (Wildman–Crippen MR) is 162 cm³/mol. The number of hydrogen-bond donors (Lipinski definition) is 4. The second kappa shape index (κ2) is 13.9. The number of carbonyl (C=O) groups excluding carboxylic acids is 3. The Morgan fingerprint density at radius 1 is 0.930 bits per heavy atom. The third-order valence-electron chi connectivity index (χ3n) is 6.84. The molecule has 4 N–H and O–H groups in total. The number of carboxylic acid groups (broad SMARTS) is 1. The van der Waals surface area contributed by atoms with Crippen LogP contribution >= 0.6 is 0 Å². The van der Waals surface area contributed by atoms with Crippen molar-refractivity contribution in [1.29, 1.82) is 0 Å². The zero-order valence-electron chi connectivity index (χ0n) is 24.7. The molecule has 0 radical (unpaired) electrons. The molecule has 43 heavy (non-hydrogen) atoms. The summed E-state index contributed by atoms with van der Waals surface area (Å²) in [5, 5.41) is 18.2. The summed E-state index contributed by atoms with van der Waals surface area (Å²) < 4.78 is 5.27. The molecule has 1 aliphatic rings. The summed E-state index contributed by atoms with van der Waals surface area (Å²) in [5.41, 5.74) is 3.95. The molecule has 1 atom stereocenters. The van der Waals surface area contributed by atoms with Crippen LogP contribution < -0.4 is 16.0 Å². The lowest BCUT2D eigenvalue weighted by atomic mass is 10.1. The monoisotopic (exact) mass is 586 g/mol. The van der Waals surface area contributed by atoms with Crippen LogP contribution in [0.1, 0.15) is 59.8 Å². The lowest BCUT2D eigenvalue weighted by molar-refractivity contribution is -0.141.